The molecule has 2 heterocycles. The van der Waals surface area contributed by atoms with Crippen LogP contribution in [0.15, 0.2) is 52.6 Å². The van der Waals surface area contributed by atoms with Crippen LogP contribution in [-0.2, 0) is 6.42 Å². The molecule has 2 aliphatic carbocycles. The van der Waals surface area contributed by atoms with E-state index >= 15 is 0 Å². The molecule has 0 unspecified atom stereocenters. The number of aromatic nitrogens is 2. The van der Waals surface area contributed by atoms with E-state index in [1.165, 1.54) is 16.7 Å². The molecule has 0 bridgehead atoms. The van der Waals surface area contributed by atoms with Crippen molar-refractivity contribution in [3.63, 3.8) is 0 Å². The van der Waals surface area contributed by atoms with Crippen LogP contribution >= 0.6 is 11.6 Å². The standard InChI is InChI=1S/C24H23ClN4O/c1-3-4-15-11-21(26-13-15)28-22-12-19(16-5-6-16)27-24(29-22)30-20-8-7-17-9-14(2)10-18(17)23(20)25/h3-4,7-8,10-12,16H,5-6,9,13H2,1-2H3,(H,26,27,28,29)/b4-3+. The SMILES string of the molecule is C/C=C/C1=CC(Nc2cc(C3CC3)nc(Oc3ccc4c(c3Cl)C=C(C)C4)n2)=NC1. The zero-order chi connectivity index (χ0) is 20.7. The van der Waals surface area contributed by atoms with Crippen LogP contribution in [0.25, 0.3) is 6.08 Å². The number of rotatable bonds is 5. The van der Waals surface area contributed by atoms with Crippen LogP contribution in [0.1, 0.15) is 49.4 Å². The van der Waals surface area contributed by atoms with Gasteiger partial charge in [-0.15, -0.1) is 0 Å². The van der Waals surface area contributed by atoms with Gasteiger partial charge in [0.25, 0.3) is 0 Å². The first-order chi connectivity index (χ1) is 14.6. The second kappa shape index (κ2) is 7.73. The topological polar surface area (TPSA) is 59.4 Å². The number of nitrogens with zero attached hydrogens (tertiary/aromatic N) is 3. The van der Waals surface area contributed by atoms with Crippen molar-refractivity contribution in [2.24, 2.45) is 4.99 Å². The number of allylic oxidation sites excluding steroid dienone is 2. The van der Waals surface area contributed by atoms with Gasteiger partial charge in [-0.2, -0.15) is 9.97 Å². The van der Waals surface area contributed by atoms with Gasteiger partial charge in [0, 0.05) is 17.5 Å². The molecule has 6 heteroatoms. The highest BCUT2D eigenvalue weighted by Gasteiger charge is 2.27. The average molecular weight is 419 g/mol. The molecule has 0 amide bonds. The summed E-state index contributed by atoms with van der Waals surface area (Å²) in [6.07, 6.45) is 11.5. The molecule has 5 nitrogen and oxygen atoms in total. The average Bonchev–Trinajstić information content (AvgIpc) is 3.37. The van der Waals surface area contributed by atoms with Crippen molar-refractivity contribution in [3.8, 4) is 11.8 Å². The molecule has 0 radical (unpaired) electrons. The first-order valence-corrected chi connectivity index (χ1v) is 10.7. The fourth-order valence-corrected chi connectivity index (χ4v) is 4.08. The van der Waals surface area contributed by atoms with Gasteiger partial charge in [0.2, 0.25) is 0 Å². The van der Waals surface area contributed by atoms with Crippen molar-refractivity contribution in [1.29, 1.82) is 0 Å². The van der Waals surface area contributed by atoms with Crippen molar-refractivity contribution in [3.05, 3.63) is 69.4 Å². The Bertz CT molecular complexity index is 1140. The van der Waals surface area contributed by atoms with Crippen LogP contribution in [0, 0.1) is 0 Å². The highest BCUT2D eigenvalue weighted by Crippen LogP contribution is 2.42. The van der Waals surface area contributed by atoms with Gasteiger partial charge >= 0.3 is 6.01 Å². The normalized spacial score (nSPS) is 17.6. The second-order valence-corrected chi connectivity index (χ2v) is 8.38. The summed E-state index contributed by atoms with van der Waals surface area (Å²) in [6, 6.07) is 6.26. The van der Waals surface area contributed by atoms with Crippen molar-refractivity contribution >= 4 is 29.3 Å². The van der Waals surface area contributed by atoms with Gasteiger partial charge in [-0.1, -0.05) is 41.5 Å². The summed E-state index contributed by atoms with van der Waals surface area (Å²) in [5.41, 5.74) is 5.71. The van der Waals surface area contributed by atoms with E-state index in [0.29, 0.717) is 35.1 Å². The van der Waals surface area contributed by atoms with Crippen molar-refractivity contribution in [1.82, 2.24) is 9.97 Å². The molecule has 152 valence electrons. The quantitative estimate of drug-likeness (QED) is 0.638. The van der Waals surface area contributed by atoms with Gasteiger partial charge in [-0.05, 0) is 56.4 Å². The van der Waals surface area contributed by atoms with Crippen LogP contribution in [0.3, 0.4) is 0 Å². The minimum absolute atomic E-state index is 0.304. The number of aliphatic imine (C=N–C) groups is 1. The lowest BCUT2D eigenvalue weighted by molar-refractivity contribution is 0.440. The van der Waals surface area contributed by atoms with Crippen molar-refractivity contribution in [2.45, 2.75) is 39.0 Å². The maximum atomic E-state index is 6.63. The first kappa shape index (κ1) is 19.1. The Labute approximate surface area is 181 Å². The minimum Gasteiger partial charge on any atom is -0.423 e. The molecular weight excluding hydrogens is 396 g/mol. The van der Waals surface area contributed by atoms with Crippen LogP contribution in [0.5, 0.6) is 11.8 Å². The lowest BCUT2D eigenvalue weighted by Crippen LogP contribution is -2.10. The summed E-state index contributed by atoms with van der Waals surface area (Å²) in [7, 11) is 0. The lowest BCUT2D eigenvalue weighted by atomic mass is 10.1. The van der Waals surface area contributed by atoms with E-state index in [-0.39, 0.29) is 0 Å². The molecule has 3 aliphatic rings. The van der Waals surface area contributed by atoms with Gasteiger partial charge in [0.05, 0.1) is 17.3 Å². The summed E-state index contributed by atoms with van der Waals surface area (Å²) in [5.74, 6) is 2.53. The maximum absolute atomic E-state index is 6.63. The molecular formula is C24H23ClN4O. The molecule has 0 saturated heterocycles. The number of benzene rings is 1. The Morgan fingerprint density at radius 2 is 2.07 bits per heavy atom. The van der Waals surface area contributed by atoms with E-state index in [1.807, 2.05) is 31.2 Å². The number of anilines is 1. The Morgan fingerprint density at radius 1 is 1.20 bits per heavy atom. The summed E-state index contributed by atoms with van der Waals surface area (Å²) in [5, 5.41) is 3.92. The van der Waals surface area contributed by atoms with Crippen molar-refractivity contribution in [2.75, 3.05) is 11.9 Å². The third kappa shape index (κ3) is 3.90. The molecule has 1 fully saturated rings. The molecule has 2 aromatic rings. The van der Waals surface area contributed by atoms with Gasteiger partial charge in [-0.3, -0.25) is 4.99 Å². The highest BCUT2D eigenvalue weighted by molar-refractivity contribution is 6.33. The van der Waals surface area contributed by atoms with Gasteiger partial charge in [0.15, 0.2) is 0 Å². The summed E-state index contributed by atoms with van der Waals surface area (Å²) < 4.78 is 6.06. The lowest BCUT2D eigenvalue weighted by Gasteiger charge is -2.12. The number of hydrogen-bond acceptors (Lipinski definition) is 5. The van der Waals surface area contributed by atoms with Crippen molar-refractivity contribution < 1.29 is 4.74 Å². The minimum atomic E-state index is 0.304. The van der Waals surface area contributed by atoms with Gasteiger partial charge < -0.3 is 10.1 Å². The Hall–Kier alpha value is -2.92. The Kier molecular flexibility index (Phi) is 4.91. The summed E-state index contributed by atoms with van der Waals surface area (Å²) >= 11 is 6.63. The van der Waals surface area contributed by atoms with E-state index in [9.17, 15) is 0 Å². The van der Waals surface area contributed by atoms with Gasteiger partial charge in [-0.25, -0.2) is 0 Å². The van der Waals surface area contributed by atoms with E-state index in [0.717, 1.165) is 36.4 Å². The molecule has 1 aromatic heterocycles. The summed E-state index contributed by atoms with van der Waals surface area (Å²) in [4.78, 5) is 13.8. The smallest absolute Gasteiger partial charge is 0.324 e. The molecule has 1 N–H and O–H groups in total. The fourth-order valence-electron chi connectivity index (χ4n) is 3.80. The molecule has 0 atom stereocenters. The molecule has 1 aromatic carbocycles. The second-order valence-electron chi connectivity index (χ2n) is 8.00. The summed E-state index contributed by atoms with van der Waals surface area (Å²) in [6.45, 7) is 4.79. The Morgan fingerprint density at radius 3 is 2.87 bits per heavy atom. The van der Waals surface area contributed by atoms with Gasteiger partial charge in [0.1, 0.15) is 17.4 Å². The number of ether oxygens (including phenoxy) is 1. The van der Waals surface area contributed by atoms with Crippen LogP contribution in [0.4, 0.5) is 5.82 Å². The van der Waals surface area contributed by atoms with E-state index in [1.54, 1.807) is 0 Å². The molecule has 5 rings (SSSR count). The monoisotopic (exact) mass is 418 g/mol. The van der Waals surface area contributed by atoms with Crippen LogP contribution in [-0.4, -0.2) is 22.3 Å². The number of halogens is 1. The molecule has 0 spiro atoms. The third-order valence-corrected chi connectivity index (χ3v) is 5.80. The molecule has 1 saturated carbocycles. The van der Waals surface area contributed by atoms with E-state index in [4.69, 9.17) is 16.3 Å². The third-order valence-electron chi connectivity index (χ3n) is 5.41. The highest BCUT2D eigenvalue weighted by atomic mass is 35.5. The number of fused-ring (bicyclic) bond motifs is 1. The number of nitrogens with one attached hydrogen (secondary N) is 1. The zero-order valence-electron chi connectivity index (χ0n) is 17.1. The van der Waals surface area contributed by atoms with E-state index in [2.05, 4.69) is 45.4 Å². The predicted octanol–water partition coefficient (Wildman–Crippen LogP) is 6.09. The molecule has 1 aliphatic heterocycles. The zero-order valence-corrected chi connectivity index (χ0v) is 17.8. The Balaban J connectivity index is 1.43. The van der Waals surface area contributed by atoms with E-state index < -0.39 is 0 Å². The number of hydrogen-bond donors (Lipinski definition) is 1. The number of amidine groups is 1. The molecule has 30 heavy (non-hydrogen) atoms. The van der Waals surface area contributed by atoms with Crippen LogP contribution < -0.4 is 10.1 Å². The van der Waals surface area contributed by atoms with Crippen LogP contribution in [0.2, 0.25) is 5.02 Å². The fraction of sp³-hybridized carbons (Fsp3) is 0.292. The first-order valence-electron chi connectivity index (χ1n) is 10.3. The maximum Gasteiger partial charge on any atom is 0.324 e. The largest absolute Gasteiger partial charge is 0.423 e. The predicted molar refractivity (Wildman–Crippen MR) is 122 cm³/mol.